The van der Waals surface area contributed by atoms with Gasteiger partial charge >= 0.3 is 18.1 Å². The molecule has 6 atom stereocenters. The number of nitrogens with zero attached hydrogens (tertiary/aromatic N) is 14. The SMILES string of the molecule is CC(C)CN1CCC(C(C)c2ccn3ncc(N4CCC(=O)NC4=O)c3c2)CC1.CC(C)CN1[C@H](C)CN(Cc2ccn3ncc(N4CCC(=O)NC4=O)c3c2)C[C@@H]1C.C[C@@H]1CC(CN2CCN(Cc3ccn4ncc(N5CCC(=O)NC5=O)c4c3)CC2)C[C@H](C)O1. The van der Waals surface area contributed by atoms with E-state index >= 15 is 0 Å². The Labute approximate surface area is 540 Å². The van der Waals surface area contributed by atoms with E-state index in [-0.39, 0.29) is 35.8 Å². The summed E-state index contributed by atoms with van der Waals surface area (Å²) in [5.41, 5.74) is 8.63. The number of anilines is 3. The summed E-state index contributed by atoms with van der Waals surface area (Å²) in [4.78, 5) is 88.9. The number of amides is 9. The molecule has 6 aromatic rings. The molecule has 24 heteroatoms. The van der Waals surface area contributed by atoms with Crippen LogP contribution in [0.5, 0.6) is 0 Å². The van der Waals surface area contributed by atoms with Gasteiger partial charge in [-0.2, -0.15) is 15.3 Å². The van der Waals surface area contributed by atoms with Crippen LogP contribution in [0.15, 0.2) is 73.6 Å². The van der Waals surface area contributed by atoms with E-state index < -0.39 is 0 Å². The Morgan fingerprint density at radius 1 is 0.500 bits per heavy atom. The zero-order valence-corrected chi connectivity index (χ0v) is 55.5. The highest BCUT2D eigenvalue weighted by Gasteiger charge is 2.34. The van der Waals surface area contributed by atoms with E-state index in [0.717, 1.165) is 98.4 Å². The first-order chi connectivity index (χ1) is 44.2. The van der Waals surface area contributed by atoms with Crippen LogP contribution in [0.4, 0.5) is 31.4 Å². The third-order valence-corrected chi connectivity index (χ3v) is 19.5. The number of piperidine rings is 1. The number of carbonyl (C=O) groups excluding carboxylic acids is 6. The molecule has 7 fully saturated rings. The van der Waals surface area contributed by atoms with Crippen molar-refractivity contribution in [2.75, 3.05) is 106 Å². The van der Waals surface area contributed by atoms with Gasteiger partial charge in [-0.3, -0.25) is 59.7 Å². The Morgan fingerprint density at radius 2 is 0.924 bits per heavy atom. The largest absolute Gasteiger partial charge is 0.376 e. The minimum absolute atomic E-state index is 0.221. The van der Waals surface area contributed by atoms with Gasteiger partial charge in [-0.25, -0.2) is 27.9 Å². The van der Waals surface area contributed by atoms with Crippen LogP contribution in [0.2, 0.25) is 0 Å². The lowest BCUT2D eigenvalue weighted by Crippen LogP contribution is -2.57. The Balaban J connectivity index is 0.000000142. The van der Waals surface area contributed by atoms with Crippen molar-refractivity contribution in [1.29, 1.82) is 0 Å². The third-order valence-electron chi connectivity index (χ3n) is 19.5. The summed E-state index contributed by atoms with van der Waals surface area (Å²) < 4.78 is 11.3. The molecule has 13 rings (SSSR count). The number of rotatable bonds is 15. The fourth-order valence-corrected chi connectivity index (χ4v) is 15.0. The molecule has 0 bridgehead atoms. The van der Waals surface area contributed by atoms with E-state index in [2.05, 4.69) is 154 Å². The van der Waals surface area contributed by atoms with Crippen LogP contribution in [-0.2, 0) is 32.2 Å². The highest BCUT2D eigenvalue weighted by molar-refractivity contribution is 6.09. The maximum absolute atomic E-state index is 12.3. The van der Waals surface area contributed by atoms with Gasteiger partial charge < -0.3 is 14.5 Å². The van der Waals surface area contributed by atoms with Crippen molar-refractivity contribution in [2.45, 2.75) is 151 Å². The van der Waals surface area contributed by atoms with Gasteiger partial charge in [0.2, 0.25) is 17.7 Å². The number of imide groups is 3. The molecule has 496 valence electrons. The molecule has 0 saturated carbocycles. The number of pyridine rings is 3. The first-order valence-corrected chi connectivity index (χ1v) is 33.7. The van der Waals surface area contributed by atoms with Gasteiger partial charge in [0, 0.05) is 142 Å². The van der Waals surface area contributed by atoms with E-state index in [0.29, 0.717) is 86.9 Å². The second-order valence-electron chi connectivity index (χ2n) is 27.8. The fourth-order valence-electron chi connectivity index (χ4n) is 15.0. The molecule has 0 spiro atoms. The number of urea groups is 3. The molecule has 13 heterocycles. The molecule has 6 aromatic heterocycles. The lowest BCUT2D eigenvalue weighted by molar-refractivity contribution is -0.121. The molecular formula is C68H97N17O7. The summed E-state index contributed by atoms with van der Waals surface area (Å²) in [5, 5.41) is 20.4. The molecule has 3 N–H and O–H groups in total. The quantitative estimate of drug-likeness (QED) is 0.0896. The van der Waals surface area contributed by atoms with Crippen molar-refractivity contribution in [2.24, 2.45) is 23.7 Å². The van der Waals surface area contributed by atoms with Crippen molar-refractivity contribution in [3.8, 4) is 0 Å². The maximum Gasteiger partial charge on any atom is 0.328 e. The number of carbonyl (C=O) groups is 6. The first-order valence-electron chi connectivity index (χ1n) is 33.7. The van der Waals surface area contributed by atoms with Crippen LogP contribution in [-0.4, -0.2) is 205 Å². The minimum atomic E-state index is -0.379. The van der Waals surface area contributed by atoms with Crippen molar-refractivity contribution >= 4 is 69.4 Å². The highest BCUT2D eigenvalue weighted by Crippen LogP contribution is 2.36. The summed E-state index contributed by atoms with van der Waals surface area (Å²) in [6.45, 7) is 35.6. The van der Waals surface area contributed by atoms with Crippen LogP contribution < -0.4 is 30.7 Å². The topological polar surface area (TPSA) is 226 Å². The molecule has 92 heavy (non-hydrogen) atoms. The van der Waals surface area contributed by atoms with E-state index in [1.165, 1.54) is 68.6 Å². The number of fused-ring (bicyclic) bond motifs is 3. The van der Waals surface area contributed by atoms with Crippen LogP contribution >= 0.6 is 0 Å². The van der Waals surface area contributed by atoms with Crippen LogP contribution in [0.1, 0.15) is 130 Å². The monoisotopic (exact) mass is 1260 g/mol. The Hall–Kier alpha value is -7.35. The van der Waals surface area contributed by atoms with Gasteiger partial charge in [0.1, 0.15) is 0 Å². The molecule has 7 saturated heterocycles. The second-order valence-corrected chi connectivity index (χ2v) is 27.8. The maximum atomic E-state index is 12.3. The predicted octanol–water partition coefficient (Wildman–Crippen LogP) is 7.69. The van der Waals surface area contributed by atoms with Crippen LogP contribution in [0.3, 0.4) is 0 Å². The molecule has 0 radical (unpaired) electrons. The molecule has 0 aromatic carbocycles. The highest BCUT2D eigenvalue weighted by atomic mass is 16.5. The van der Waals surface area contributed by atoms with Crippen molar-refractivity contribution in [3.63, 3.8) is 0 Å². The number of piperazine rings is 2. The van der Waals surface area contributed by atoms with Gasteiger partial charge in [-0.1, -0.05) is 34.6 Å². The molecular weight excluding hydrogens is 1170 g/mol. The summed E-state index contributed by atoms with van der Waals surface area (Å²) in [6, 6.07) is 12.7. The van der Waals surface area contributed by atoms with Gasteiger partial charge in [0.05, 0.1) is 64.4 Å². The average molecular weight is 1260 g/mol. The third kappa shape index (κ3) is 16.0. The number of ether oxygens (including phenoxy) is 1. The standard InChI is InChI=1S/C24H34N6O3.C22H32N6O2.C22H31N5O2/c1-17-11-20(12-18(2)33-17)16-28-9-7-27(8-10-28)15-19-3-6-30-21(13-19)22(14-25-30)29-5-4-23(31)26-24(29)32;1-15(2)11-27-16(3)12-25(13-17(27)4)14-18-5-8-28-19(9-18)20(10-23-28)26-7-6-21(29)24-22(26)30;1-15(2)14-25-8-4-17(5-9-25)16(3)18-6-11-27-19(12-18)20(13-23-27)26-10-7-21(28)24-22(26)29/h3,6,13-14,17-18,20H,4-5,7-12,15-16H2,1-2H3,(H,26,31,32);5,8-10,15-17H,6-7,11-14H2,1-4H3,(H,24,29,30);6,11-13,15-17H,4-5,7-10,14H2,1-3H3,(H,24,28,29)/t17-,18+,20?;16-,17+;. The number of aromatic nitrogens is 6. The van der Waals surface area contributed by atoms with Crippen molar-refractivity contribution in [1.82, 2.24) is 69.3 Å². The average Bonchev–Trinajstić information content (AvgIpc) is 1.63. The first kappa shape index (κ1) is 66.1. The van der Waals surface area contributed by atoms with Gasteiger partial charge in [0.15, 0.2) is 0 Å². The summed E-state index contributed by atoms with van der Waals surface area (Å²) in [6.07, 6.45) is 17.4. The van der Waals surface area contributed by atoms with Crippen molar-refractivity contribution < 1.29 is 33.5 Å². The van der Waals surface area contributed by atoms with Gasteiger partial charge in [0.25, 0.3) is 0 Å². The number of hydrogen-bond acceptors (Lipinski definition) is 15. The Kier molecular flexibility index (Phi) is 21.1. The lowest BCUT2D eigenvalue weighted by Gasteiger charge is -2.45. The van der Waals surface area contributed by atoms with E-state index in [4.69, 9.17) is 4.74 Å². The van der Waals surface area contributed by atoms with Crippen molar-refractivity contribution in [3.05, 3.63) is 90.3 Å². The second kappa shape index (κ2) is 29.3. The minimum Gasteiger partial charge on any atom is -0.376 e. The van der Waals surface area contributed by atoms with Gasteiger partial charge in [-0.05, 0) is 149 Å². The molecule has 24 nitrogen and oxygen atoms in total. The van der Waals surface area contributed by atoms with E-state index in [1.54, 1.807) is 46.8 Å². The fraction of sp³-hybridized carbons (Fsp3) is 0.603. The summed E-state index contributed by atoms with van der Waals surface area (Å²) in [5.74, 6) is 2.58. The summed E-state index contributed by atoms with van der Waals surface area (Å²) >= 11 is 0. The Bertz CT molecular complexity index is 3560. The van der Waals surface area contributed by atoms with Crippen LogP contribution in [0, 0.1) is 23.7 Å². The normalized spacial score (nSPS) is 24.3. The zero-order valence-electron chi connectivity index (χ0n) is 55.5. The number of hydrogen-bond donors (Lipinski definition) is 3. The van der Waals surface area contributed by atoms with E-state index in [1.807, 2.05) is 18.6 Å². The smallest absolute Gasteiger partial charge is 0.328 e. The number of nitrogens with one attached hydrogen (secondary N) is 3. The number of likely N-dealkylation sites (tertiary alicyclic amines) is 1. The molecule has 0 aliphatic carbocycles. The predicted molar refractivity (Wildman–Crippen MR) is 355 cm³/mol. The van der Waals surface area contributed by atoms with Gasteiger partial charge in [-0.15, -0.1) is 0 Å². The molecule has 9 amide bonds. The van der Waals surface area contributed by atoms with Crippen LogP contribution in [0.25, 0.3) is 16.6 Å². The summed E-state index contributed by atoms with van der Waals surface area (Å²) in [7, 11) is 0. The lowest BCUT2D eigenvalue weighted by atomic mass is 9.81. The molecule has 2 unspecified atom stereocenters. The van der Waals surface area contributed by atoms with E-state index in [9.17, 15) is 28.8 Å². The Morgan fingerprint density at radius 3 is 1.37 bits per heavy atom. The molecule has 7 aliphatic rings. The molecule has 7 aliphatic heterocycles. The zero-order chi connectivity index (χ0) is 64.9.